The lowest BCUT2D eigenvalue weighted by atomic mass is 10.1. The normalized spacial score (nSPS) is 10.5. The predicted octanol–water partition coefficient (Wildman–Crippen LogP) is 2.97. The lowest BCUT2D eigenvalue weighted by Gasteiger charge is -2.08. The Hall–Kier alpha value is -2.55. The maximum atomic E-state index is 13.0. The molecule has 0 aliphatic rings. The van der Waals surface area contributed by atoms with Crippen LogP contribution < -0.4 is 10.9 Å². The van der Waals surface area contributed by atoms with Gasteiger partial charge in [-0.1, -0.05) is 12.1 Å². The van der Waals surface area contributed by atoms with Crippen LogP contribution in [0.1, 0.15) is 5.56 Å². The van der Waals surface area contributed by atoms with E-state index < -0.39 is 0 Å². The molecule has 7 heteroatoms. The van der Waals surface area contributed by atoms with E-state index in [-0.39, 0.29) is 23.8 Å². The lowest BCUT2D eigenvalue weighted by molar-refractivity contribution is -0.121. The van der Waals surface area contributed by atoms with Gasteiger partial charge in [0, 0.05) is 21.7 Å². The average Bonchev–Trinajstić information content (AvgIpc) is 2.63. The summed E-state index contributed by atoms with van der Waals surface area (Å²) in [6, 6.07) is 14.8. The second-order valence-electron chi connectivity index (χ2n) is 5.65. The van der Waals surface area contributed by atoms with Crippen LogP contribution in [0.15, 0.2) is 65.7 Å². The molecule has 0 spiro atoms. The van der Waals surface area contributed by atoms with Crippen LogP contribution in [0.25, 0.3) is 11.3 Å². The molecule has 26 heavy (non-hydrogen) atoms. The molecule has 1 N–H and O–H groups in total. The molecule has 1 amide bonds. The molecule has 0 radical (unpaired) electrons. The lowest BCUT2D eigenvalue weighted by Crippen LogP contribution is -2.31. The Kier molecular flexibility index (Phi) is 5.77. The van der Waals surface area contributed by atoms with Crippen LogP contribution in [0.2, 0.25) is 0 Å². The van der Waals surface area contributed by atoms with E-state index in [1.54, 1.807) is 12.1 Å². The molecule has 0 bridgehead atoms. The Bertz CT molecular complexity index is 969. The first-order valence-corrected chi connectivity index (χ1v) is 8.93. The minimum absolute atomic E-state index is 0.111. The number of hydrogen-bond acceptors (Lipinski definition) is 3. The van der Waals surface area contributed by atoms with Gasteiger partial charge < -0.3 is 5.32 Å². The monoisotopic (exact) mass is 463 g/mol. The van der Waals surface area contributed by atoms with Crippen molar-refractivity contribution in [2.75, 3.05) is 0 Å². The smallest absolute Gasteiger partial charge is 0.254 e. The highest BCUT2D eigenvalue weighted by atomic mass is 127. The topological polar surface area (TPSA) is 64.0 Å². The Morgan fingerprint density at radius 3 is 2.46 bits per heavy atom. The SMILES string of the molecule is O=C(Cn1cnc(-c2ccc(F)cc2)cc1=O)NCc1ccc(I)cc1. The van der Waals surface area contributed by atoms with E-state index in [9.17, 15) is 14.0 Å². The van der Waals surface area contributed by atoms with Crippen molar-refractivity contribution in [2.24, 2.45) is 0 Å². The Labute approximate surface area is 163 Å². The summed E-state index contributed by atoms with van der Waals surface area (Å²) in [6.07, 6.45) is 1.32. The van der Waals surface area contributed by atoms with Crippen molar-refractivity contribution in [1.82, 2.24) is 14.9 Å². The molecule has 0 unspecified atom stereocenters. The molecule has 5 nitrogen and oxygen atoms in total. The molecule has 1 heterocycles. The zero-order valence-electron chi connectivity index (χ0n) is 13.7. The van der Waals surface area contributed by atoms with Crippen molar-refractivity contribution >= 4 is 28.5 Å². The van der Waals surface area contributed by atoms with Gasteiger partial charge >= 0.3 is 0 Å². The first kappa shape index (κ1) is 18.2. The van der Waals surface area contributed by atoms with E-state index >= 15 is 0 Å². The van der Waals surface area contributed by atoms with Crippen LogP contribution in [0.4, 0.5) is 4.39 Å². The van der Waals surface area contributed by atoms with Crippen LogP contribution in [0.5, 0.6) is 0 Å². The number of amides is 1. The Balaban J connectivity index is 1.64. The van der Waals surface area contributed by atoms with E-state index in [2.05, 4.69) is 32.9 Å². The molecule has 132 valence electrons. The van der Waals surface area contributed by atoms with Crippen LogP contribution in [0, 0.1) is 9.39 Å². The number of nitrogens with zero attached hydrogens (tertiary/aromatic N) is 2. The number of aromatic nitrogens is 2. The van der Waals surface area contributed by atoms with Gasteiger partial charge in [0.25, 0.3) is 5.56 Å². The van der Waals surface area contributed by atoms with Crippen LogP contribution >= 0.6 is 22.6 Å². The van der Waals surface area contributed by atoms with Gasteiger partial charge in [-0.15, -0.1) is 0 Å². The molecule has 0 saturated carbocycles. The number of halogens is 2. The van der Waals surface area contributed by atoms with Gasteiger partial charge in [0.05, 0.1) is 12.0 Å². The second-order valence-corrected chi connectivity index (χ2v) is 6.90. The third-order valence-electron chi connectivity index (χ3n) is 3.74. The summed E-state index contributed by atoms with van der Waals surface area (Å²) in [5, 5.41) is 2.78. The van der Waals surface area contributed by atoms with E-state index in [0.29, 0.717) is 17.8 Å². The van der Waals surface area contributed by atoms with Crippen molar-refractivity contribution in [3.63, 3.8) is 0 Å². The summed E-state index contributed by atoms with van der Waals surface area (Å²) in [4.78, 5) is 28.4. The van der Waals surface area contributed by atoms with Crippen molar-refractivity contribution in [3.05, 3.63) is 86.2 Å². The quantitative estimate of drug-likeness (QED) is 0.592. The Morgan fingerprint density at radius 2 is 1.81 bits per heavy atom. The molecule has 3 aromatic rings. The van der Waals surface area contributed by atoms with Crippen LogP contribution in [-0.2, 0) is 17.9 Å². The fraction of sp³-hybridized carbons (Fsp3) is 0.105. The van der Waals surface area contributed by atoms with Gasteiger partial charge in [-0.2, -0.15) is 0 Å². The largest absolute Gasteiger partial charge is 0.350 e. The van der Waals surface area contributed by atoms with E-state index in [1.165, 1.54) is 29.1 Å². The van der Waals surface area contributed by atoms with Gasteiger partial charge in [0.2, 0.25) is 5.91 Å². The van der Waals surface area contributed by atoms with E-state index in [0.717, 1.165) is 9.13 Å². The third-order valence-corrected chi connectivity index (χ3v) is 4.46. The fourth-order valence-electron chi connectivity index (χ4n) is 2.34. The van der Waals surface area contributed by atoms with Gasteiger partial charge in [-0.25, -0.2) is 9.37 Å². The van der Waals surface area contributed by atoms with Gasteiger partial charge in [0.1, 0.15) is 12.4 Å². The van der Waals surface area contributed by atoms with Crippen LogP contribution in [0.3, 0.4) is 0 Å². The fourth-order valence-corrected chi connectivity index (χ4v) is 2.70. The second kappa shape index (κ2) is 8.22. The van der Waals surface area contributed by atoms with Crippen molar-refractivity contribution < 1.29 is 9.18 Å². The molecular formula is C19H15FIN3O2. The molecule has 3 rings (SSSR count). The highest BCUT2D eigenvalue weighted by Crippen LogP contribution is 2.15. The standard InChI is InChI=1S/C19H15FIN3O2/c20-15-5-3-14(4-6-15)17-9-19(26)24(12-23-17)11-18(25)22-10-13-1-7-16(21)8-2-13/h1-9,12H,10-11H2,(H,22,25). The minimum Gasteiger partial charge on any atom is -0.350 e. The summed E-state index contributed by atoms with van der Waals surface area (Å²) in [5.74, 6) is -0.631. The summed E-state index contributed by atoms with van der Waals surface area (Å²) in [7, 11) is 0. The molecule has 0 aliphatic carbocycles. The molecule has 0 saturated heterocycles. The number of nitrogens with one attached hydrogen (secondary N) is 1. The molecule has 0 aliphatic heterocycles. The van der Waals surface area contributed by atoms with Gasteiger partial charge in [0.15, 0.2) is 0 Å². The first-order chi connectivity index (χ1) is 12.5. The van der Waals surface area contributed by atoms with Crippen molar-refractivity contribution in [1.29, 1.82) is 0 Å². The molecular weight excluding hydrogens is 448 g/mol. The average molecular weight is 463 g/mol. The van der Waals surface area contributed by atoms with Gasteiger partial charge in [-0.05, 0) is 64.6 Å². The van der Waals surface area contributed by atoms with E-state index in [1.807, 2.05) is 24.3 Å². The highest BCUT2D eigenvalue weighted by Gasteiger charge is 2.07. The summed E-state index contributed by atoms with van der Waals surface area (Å²) >= 11 is 2.21. The maximum Gasteiger partial charge on any atom is 0.254 e. The van der Waals surface area contributed by atoms with E-state index in [4.69, 9.17) is 0 Å². The highest BCUT2D eigenvalue weighted by molar-refractivity contribution is 14.1. The Morgan fingerprint density at radius 1 is 1.12 bits per heavy atom. The summed E-state index contributed by atoms with van der Waals surface area (Å²) in [6.45, 7) is 0.283. The van der Waals surface area contributed by atoms with Crippen molar-refractivity contribution in [3.8, 4) is 11.3 Å². The van der Waals surface area contributed by atoms with Gasteiger partial charge in [-0.3, -0.25) is 14.2 Å². The molecule has 0 fully saturated rings. The first-order valence-electron chi connectivity index (χ1n) is 7.85. The minimum atomic E-state index is -0.355. The zero-order valence-corrected chi connectivity index (χ0v) is 15.8. The number of rotatable bonds is 5. The number of hydrogen-bond donors (Lipinski definition) is 1. The number of carbonyl (C=O) groups excluding carboxylic acids is 1. The predicted molar refractivity (Wildman–Crippen MR) is 105 cm³/mol. The number of carbonyl (C=O) groups is 1. The van der Waals surface area contributed by atoms with Crippen LogP contribution in [-0.4, -0.2) is 15.5 Å². The molecule has 0 atom stereocenters. The zero-order chi connectivity index (χ0) is 18.5. The maximum absolute atomic E-state index is 13.0. The molecule has 2 aromatic carbocycles. The third kappa shape index (κ3) is 4.75. The summed E-state index contributed by atoms with van der Waals surface area (Å²) in [5.41, 5.74) is 1.71. The summed E-state index contributed by atoms with van der Waals surface area (Å²) < 4.78 is 15.3. The molecule has 1 aromatic heterocycles. The number of benzene rings is 2. The van der Waals surface area contributed by atoms with Crippen molar-refractivity contribution in [2.45, 2.75) is 13.1 Å².